The highest BCUT2D eigenvalue weighted by molar-refractivity contribution is 7.89. The van der Waals surface area contributed by atoms with Gasteiger partial charge in [0.25, 0.3) is 0 Å². The van der Waals surface area contributed by atoms with Crippen molar-refractivity contribution in [1.82, 2.24) is 4.31 Å². The largest absolute Gasteiger partial charge is 0.381 e. The minimum Gasteiger partial charge on any atom is -0.381 e. The lowest BCUT2D eigenvalue weighted by Gasteiger charge is -2.51. The maximum absolute atomic E-state index is 12.0. The van der Waals surface area contributed by atoms with Crippen molar-refractivity contribution < 1.29 is 17.5 Å². The van der Waals surface area contributed by atoms with Crippen LogP contribution in [0.4, 0.5) is 4.39 Å². The van der Waals surface area contributed by atoms with Crippen molar-refractivity contribution in [1.29, 1.82) is 0 Å². The van der Waals surface area contributed by atoms with E-state index >= 15 is 0 Å². The maximum atomic E-state index is 12.0. The van der Waals surface area contributed by atoms with Crippen molar-refractivity contribution in [3.63, 3.8) is 0 Å². The summed E-state index contributed by atoms with van der Waals surface area (Å²) in [5, 5.41) is 0. The Bertz CT molecular complexity index is 330. The van der Waals surface area contributed by atoms with Gasteiger partial charge in [0.2, 0.25) is 10.0 Å². The van der Waals surface area contributed by atoms with E-state index < -0.39 is 16.7 Å². The van der Waals surface area contributed by atoms with Gasteiger partial charge in [-0.05, 0) is 19.3 Å². The van der Waals surface area contributed by atoms with Crippen molar-refractivity contribution in [3.05, 3.63) is 0 Å². The third-order valence-corrected chi connectivity index (χ3v) is 5.36. The molecule has 2 fully saturated rings. The second-order valence-corrected chi connectivity index (χ2v) is 6.83. The molecule has 2 saturated heterocycles. The Morgan fingerprint density at radius 2 is 1.88 bits per heavy atom. The van der Waals surface area contributed by atoms with Gasteiger partial charge < -0.3 is 4.74 Å². The third-order valence-electron chi connectivity index (χ3n) is 3.51. The number of nitrogens with zero attached hydrogens (tertiary/aromatic N) is 1. The van der Waals surface area contributed by atoms with Crippen LogP contribution in [0.25, 0.3) is 0 Å². The van der Waals surface area contributed by atoms with Gasteiger partial charge in [-0.2, -0.15) is 0 Å². The van der Waals surface area contributed by atoms with Gasteiger partial charge in [0.15, 0.2) is 0 Å². The highest BCUT2D eigenvalue weighted by atomic mass is 32.2. The molecule has 0 aromatic carbocycles. The number of alkyl halides is 1. The normalized spacial score (nSPS) is 25.6. The topological polar surface area (TPSA) is 46.6 Å². The molecule has 0 aliphatic carbocycles. The molecule has 2 aliphatic rings. The Balaban J connectivity index is 1.87. The quantitative estimate of drug-likeness (QED) is 0.742. The van der Waals surface area contributed by atoms with E-state index in [9.17, 15) is 12.8 Å². The lowest BCUT2D eigenvalue weighted by molar-refractivity contribution is -0.0476. The summed E-state index contributed by atoms with van der Waals surface area (Å²) in [5.41, 5.74) is 0.154. The van der Waals surface area contributed by atoms with Crippen LogP contribution in [0.15, 0.2) is 0 Å². The SMILES string of the molecule is O=S(=O)(CCCF)N1CC2(CCOCC2)C1. The van der Waals surface area contributed by atoms with E-state index in [-0.39, 0.29) is 17.6 Å². The molecule has 2 aliphatic heterocycles. The number of rotatable bonds is 4. The second kappa shape index (κ2) is 4.58. The van der Waals surface area contributed by atoms with Gasteiger partial charge in [0.1, 0.15) is 0 Å². The average Bonchev–Trinajstić information content (AvgIpc) is 2.24. The number of ether oxygens (including phenoxy) is 1. The summed E-state index contributed by atoms with van der Waals surface area (Å²) in [5.74, 6) is -0.0594. The zero-order valence-electron chi connectivity index (χ0n) is 9.32. The predicted molar refractivity (Wildman–Crippen MR) is 58.4 cm³/mol. The summed E-state index contributed by atoms with van der Waals surface area (Å²) in [4.78, 5) is 0. The molecule has 0 aromatic heterocycles. The first kappa shape index (κ1) is 12.3. The number of sulfonamides is 1. The van der Waals surface area contributed by atoms with E-state index in [0.29, 0.717) is 13.1 Å². The first-order chi connectivity index (χ1) is 7.58. The highest BCUT2D eigenvalue weighted by Crippen LogP contribution is 2.41. The van der Waals surface area contributed by atoms with Gasteiger partial charge in [-0.1, -0.05) is 0 Å². The molecule has 1 spiro atoms. The van der Waals surface area contributed by atoms with E-state index in [1.807, 2.05) is 0 Å². The summed E-state index contributed by atoms with van der Waals surface area (Å²) in [6.07, 6.45) is 2.00. The summed E-state index contributed by atoms with van der Waals surface area (Å²) in [6, 6.07) is 0. The summed E-state index contributed by atoms with van der Waals surface area (Å²) in [6.45, 7) is 2.11. The van der Waals surface area contributed by atoms with Crippen LogP contribution in [0.3, 0.4) is 0 Å². The predicted octanol–water partition coefficient (Wildman–Crippen LogP) is 0.788. The maximum Gasteiger partial charge on any atom is 0.214 e. The lowest BCUT2D eigenvalue weighted by atomic mass is 9.75. The average molecular weight is 251 g/mol. The highest BCUT2D eigenvalue weighted by Gasteiger charge is 2.48. The first-order valence-electron chi connectivity index (χ1n) is 5.70. The summed E-state index contributed by atoms with van der Waals surface area (Å²) in [7, 11) is -3.21. The second-order valence-electron chi connectivity index (χ2n) is 4.74. The van der Waals surface area contributed by atoms with Crippen LogP contribution >= 0.6 is 0 Å². The van der Waals surface area contributed by atoms with E-state index in [4.69, 9.17) is 4.74 Å². The molecule has 2 heterocycles. The van der Waals surface area contributed by atoms with Gasteiger partial charge >= 0.3 is 0 Å². The number of halogens is 1. The molecule has 16 heavy (non-hydrogen) atoms. The zero-order chi connectivity index (χ0) is 11.6. The molecule has 0 unspecified atom stereocenters. The van der Waals surface area contributed by atoms with Crippen LogP contribution in [0.5, 0.6) is 0 Å². The molecule has 6 heteroatoms. The molecule has 0 aromatic rings. The van der Waals surface area contributed by atoms with Crippen LogP contribution < -0.4 is 0 Å². The van der Waals surface area contributed by atoms with Crippen molar-refractivity contribution in [3.8, 4) is 0 Å². The molecule has 0 radical (unpaired) electrons. The zero-order valence-corrected chi connectivity index (χ0v) is 10.1. The smallest absolute Gasteiger partial charge is 0.214 e. The van der Waals surface area contributed by atoms with Gasteiger partial charge in [0.05, 0.1) is 12.4 Å². The third kappa shape index (κ3) is 2.38. The van der Waals surface area contributed by atoms with Crippen LogP contribution in [0, 0.1) is 5.41 Å². The van der Waals surface area contributed by atoms with E-state index in [0.717, 1.165) is 26.1 Å². The molecule has 0 N–H and O–H groups in total. The van der Waals surface area contributed by atoms with Crippen LogP contribution in [-0.4, -0.2) is 51.5 Å². The summed E-state index contributed by atoms with van der Waals surface area (Å²) >= 11 is 0. The Hall–Kier alpha value is -0.200. The van der Waals surface area contributed by atoms with Gasteiger partial charge in [-0.15, -0.1) is 0 Å². The minimum atomic E-state index is -3.21. The van der Waals surface area contributed by atoms with Crippen molar-refractivity contribution in [2.75, 3.05) is 38.7 Å². The monoisotopic (exact) mass is 251 g/mol. The van der Waals surface area contributed by atoms with E-state index in [1.165, 1.54) is 4.31 Å². The Kier molecular flexibility index (Phi) is 3.51. The van der Waals surface area contributed by atoms with Crippen molar-refractivity contribution in [2.45, 2.75) is 19.3 Å². The van der Waals surface area contributed by atoms with Crippen molar-refractivity contribution >= 4 is 10.0 Å². The molecule has 0 atom stereocenters. The molecule has 94 valence electrons. The molecular weight excluding hydrogens is 233 g/mol. The Morgan fingerprint density at radius 3 is 2.44 bits per heavy atom. The molecular formula is C10H18FNO3S. The van der Waals surface area contributed by atoms with Crippen LogP contribution in [0.2, 0.25) is 0 Å². The molecule has 0 amide bonds. The van der Waals surface area contributed by atoms with Gasteiger partial charge in [0, 0.05) is 31.7 Å². The minimum absolute atomic E-state index is 0.0594. The Morgan fingerprint density at radius 1 is 1.25 bits per heavy atom. The van der Waals surface area contributed by atoms with Crippen LogP contribution in [-0.2, 0) is 14.8 Å². The number of hydrogen-bond acceptors (Lipinski definition) is 3. The fourth-order valence-electron chi connectivity index (χ4n) is 2.39. The standard InChI is InChI=1S/C10H18FNO3S/c11-4-1-7-16(13,14)12-8-10(9-12)2-5-15-6-3-10/h1-9H2. The summed E-state index contributed by atoms with van der Waals surface area (Å²) < 4.78 is 42.2. The van der Waals surface area contributed by atoms with Crippen LogP contribution in [0.1, 0.15) is 19.3 Å². The Labute approximate surface area is 95.8 Å². The fraction of sp³-hybridized carbons (Fsp3) is 1.00. The van der Waals surface area contributed by atoms with E-state index in [2.05, 4.69) is 0 Å². The van der Waals surface area contributed by atoms with E-state index in [1.54, 1.807) is 0 Å². The fourth-order valence-corrected chi connectivity index (χ4v) is 4.06. The molecule has 0 saturated carbocycles. The molecule has 0 bridgehead atoms. The van der Waals surface area contributed by atoms with Gasteiger partial charge in [-0.25, -0.2) is 12.7 Å². The van der Waals surface area contributed by atoms with Gasteiger partial charge in [-0.3, -0.25) is 4.39 Å². The first-order valence-corrected chi connectivity index (χ1v) is 7.31. The number of hydrogen-bond donors (Lipinski definition) is 0. The lowest BCUT2D eigenvalue weighted by Crippen LogP contribution is -2.60. The van der Waals surface area contributed by atoms with Crippen molar-refractivity contribution in [2.24, 2.45) is 5.41 Å². The molecule has 2 rings (SSSR count). The molecule has 4 nitrogen and oxygen atoms in total.